The van der Waals surface area contributed by atoms with E-state index in [0.717, 1.165) is 15.6 Å². The number of fused-ring (bicyclic) bond motifs is 1. The van der Waals surface area contributed by atoms with Crippen LogP contribution in [0.1, 0.15) is 25.0 Å². The summed E-state index contributed by atoms with van der Waals surface area (Å²) in [5.74, 6) is -0.440. The maximum Gasteiger partial charge on any atom is 0.573 e. The van der Waals surface area contributed by atoms with E-state index >= 15 is 0 Å². The number of hydrogen-bond donors (Lipinski definition) is 0. The molecule has 2 heterocycles. The molecule has 1 saturated heterocycles. The summed E-state index contributed by atoms with van der Waals surface area (Å²) in [7, 11) is -3.77. The molecule has 0 spiro atoms. The summed E-state index contributed by atoms with van der Waals surface area (Å²) < 4.78 is 77.1. The van der Waals surface area contributed by atoms with Gasteiger partial charge in [-0.3, -0.25) is 9.21 Å². The van der Waals surface area contributed by atoms with Crippen LogP contribution in [0.15, 0.2) is 48.5 Å². The van der Waals surface area contributed by atoms with E-state index in [4.69, 9.17) is 4.74 Å². The molecule has 6 nitrogen and oxygen atoms in total. The molecule has 36 heavy (non-hydrogen) atoms. The molecular formula is C25H29F3N2O4S2. The zero-order chi connectivity index (χ0) is 26.1. The standard InChI is InChI=1S/C25H29F3N2O4S2/c1-17-14-29(15-18(2)33-17)12-13-36(31,32)30(24-19(3)22-6-4-5-7-23(22)35-24)16-20-8-10-21(11-9-20)34-25(26,27)28/h4-11,17-18H,12-16H2,1-3H3/t17-,18+. The first-order valence-corrected chi connectivity index (χ1v) is 14.0. The van der Waals surface area contributed by atoms with Gasteiger partial charge in [-0.25, -0.2) is 8.42 Å². The highest BCUT2D eigenvalue weighted by atomic mass is 32.2. The Kier molecular flexibility index (Phi) is 7.84. The molecule has 0 amide bonds. The quantitative estimate of drug-likeness (QED) is 0.373. The number of thiophene rings is 1. The smallest absolute Gasteiger partial charge is 0.406 e. The van der Waals surface area contributed by atoms with Gasteiger partial charge < -0.3 is 9.47 Å². The van der Waals surface area contributed by atoms with Crippen molar-refractivity contribution >= 4 is 36.4 Å². The van der Waals surface area contributed by atoms with Gasteiger partial charge in [-0.05, 0) is 55.5 Å². The highest BCUT2D eigenvalue weighted by Gasteiger charge is 2.32. The minimum absolute atomic E-state index is 0.00178. The van der Waals surface area contributed by atoms with Gasteiger partial charge in [0.15, 0.2) is 0 Å². The van der Waals surface area contributed by atoms with Crippen LogP contribution in [0.4, 0.5) is 18.2 Å². The monoisotopic (exact) mass is 542 g/mol. The van der Waals surface area contributed by atoms with Crippen molar-refractivity contribution in [1.82, 2.24) is 4.90 Å². The summed E-state index contributed by atoms with van der Waals surface area (Å²) in [5.41, 5.74) is 1.41. The Morgan fingerprint density at radius 3 is 2.33 bits per heavy atom. The number of sulfonamides is 1. The molecule has 0 bridgehead atoms. The Hall–Kier alpha value is -2.34. The molecule has 1 fully saturated rings. The summed E-state index contributed by atoms with van der Waals surface area (Å²) in [5, 5.41) is 1.58. The zero-order valence-corrected chi connectivity index (χ0v) is 21.9. The van der Waals surface area contributed by atoms with Crippen LogP contribution in [0.2, 0.25) is 0 Å². The van der Waals surface area contributed by atoms with Crippen molar-refractivity contribution in [2.75, 3.05) is 29.7 Å². The summed E-state index contributed by atoms with van der Waals surface area (Å²) in [6.45, 7) is 7.50. The second-order valence-electron chi connectivity index (χ2n) is 9.06. The van der Waals surface area contributed by atoms with E-state index in [1.54, 1.807) is 0 Å². The Morgan fingerprint density at radius 2 is 1.72 bits per heavy atom. The number of aryl methyl sites for hydroxylation is 1. The third kappa shape index (κ3) is 6.50. The van der Waals surface area contributed by atoms with Crippen LogP contribution < -0.4 is 9.04 Å². The topological polar surface area (TPSA) is 59.1 Å². The molecule has 2 aromatic carbocycles. The molecule has 0 radical (unpaired) electrons. The minimum atomic E-state index is -4.79. The molecule has 196 valence electrons. The Bertz CT molecular complexity index is 1280. The maximum absolute atomic E-state index is 13.7. The van der Waals surface area contributed by atoms with Gasteiger partial charge in [-0.1, -0.05) is 30.3 Å². The van der Waals surface area contributed by atoms with Crippen molar-refractivity contribution < 1.29 is 31.1 Å². The SMILES string of the molecule is Cc1c(N(Cc2ccc(OC(F)(F)F)cc2)S(=O)(=O)CCN2C[C@@H](C)O[C@@H](C)C2)sc2ccccc12. The van der Waals surface area contributed by atoms with E-state index in [9.17, 15) is 21.6 Å². The summed E-state index contributed by atoms with van der Waals surface area (Å²) in [6, 6.07) is 13.0. The predicted molar refractivity (Wildman–Crippen MR) is 136 cm³/mol. The zero-order valence-electron chi connectivity index (χ0n) is 20.3. The largest absolute Gasteiger partial charge is 0.573 e. The number of anilines is 1. The first-order chi connectivity index (χ1) is 16.9. The number of hydrogen-bond acceptors (Lipinski definition) is 6. The molecule has 1 aromatic heterocycles. The fourth-order valence-corrected chi connectivity index (χ4v) is 7.49. The summed E-state index contributed by atoms with van der Waals surface area (Å²) in [4.78, 5) is 2.09. The van der Waals surface area contributed by atoms with Crippen molar-refractivity contribution in [2.24, 2.45) is 0 Å². The van der Waals surface area contributed by atoms with E-state index in [1.807, 2.05) is 45.0 Å². The molecule has 11 heteroatoms. The van der Waals surface area contributed by atoms with Crippen molar-refractivity contribution in [3.05, 3.63) is 59.7 Å². The van der Waals surface area contributed by atoms with Gasteiger partial charge in [0.2, 0.25) is 10.0 Å². The average Bonchev–Trinajstić information content (AvgIpc) is 3.12. The maximum atomic E-state index is 13.7. The van der Waals surface area contributed by atoms with Crippen LogP contribution in [0.25, 0.3) is 10.1 Å². The lowest BCUT2D eigenvalue weighted by atomic mass is 10.2. The molecule has 3 aromatic rings. The molecule has 4 rings (SSSR count). The van der Waals surface area contributed by atoms with Crippen molar-refractivity contribution in [1.29, 1.82) is 0 Å². The Balaban J connectivity index is 1.62. The predicted octanol–water partition coefficient (Wildman–Crippen LogP) is 5.55. The third-order valence-electron chi connectivity index (χ3n) is 6.02. The fourth-order valence-electron chi connectivity index (χ4n) is 4.48. The van der Waals surface area contributed by atoms with Gasteiger partial charge >= 0.3 is 6.36 Å². The molecule has 0 aliphatic carbocycles. The lowest BCUT2D eigenvalue weighted by Crippen LogP contribution is -2.47. The van der Waals surface area contributed by atoms with Crippen molar-refractivity contribution in [2.45, 2.75) is 45.9 Å². The van der Waals surface area contributed by atoms with E-state index < -0.39 is 16.4 Å². The van der Waals surface area contributed by atoms with E-state index in [0.29, 0.717) is 30.2 Å². The Labute approximate surface area is 213 Å². The van der Waals surface area contributed by atoms with Gasteiger partial charge in [0.05, 0.1) is 24.5 Å². The molecule has 0 saturated carbocycles. The molecule has 2 atom stereocenters. The number of morpholine rings is 1. The minimum Gasteiger partial charge on any atom is -0.406 e. The van der Waals surface area contributed by atoms with Gasteiger partial charge in [0.1, 0.15) is 10.8 Å². The third-order valence-corrected chi connectivity index (χ3v) is 9.12. The second-order valence-corrected chi connectivity index (χ2v) is 12.1. The van der Waals surface area contributed by atoms with Crippen molar-refractivity contribution in [3.8, 4) is 5.75 Å². The summed E-state index contributed by atoms with van der Waals surface area (Å²) in [6.07, 6.45) is -4.75. The molecule has 0 N–H and O–H groups in total. The van der Waals surface area contributed by atoms with Gasteiger partial charge in [0.25, 0.3) is 0 Å². The Morgan fingerprint density at radius 1 is 1.08 bits per heavy atom. The van der Waals surface area contributed by atoms with Crippen LogP contribution in [-0.4, -0.2) is 57.3 Å². The normalized spacial score (nSPS) is 19.5. The van der Waals surface area contributed by atoms with Gasteiger partial charge in [0, 0.05) is 24.3 Å². The van der Waals surface area contributed by atoms with Crippen LogP contribution >= 0.6 is 11.3 Å². The first kappa shape index (κ1) is 26.7. The fraction of sp³-hybridized carbons (Fsp3) is 0.440. The van der Waals surface area contributed by atoms with E-state index in [1.165, 1.54) is 39.9 Å². The van der Waals surface area contributed by atoms with Crippen LogP contribution in [0, 0.1) is 6.92 Å². The lowest BCUT2D eigenvalue weighted by Gasteiger charge is -2.35. The number of nitrogens with zero attached hydrogens (tertiary/aromatic N) is 2. The highest BCUT2D eigenvalue weighted by Crippen LogP contribution is 2.39. The number of ether oxygens (including phenoxy) is 2. The van der Waals surface area contributed by atoms with Crippen LogP contribution in [0.3, 0.4) is 0 Å². The van der Waals surface area contributed by atoms with Crippen LogP contribution in [0.5, 0.6) is 5.75 Å². The van der Waals surface area contributed by atoms with Crippen molar-refractivity contribution in [3.63, 3.8) is 0 Å². The molecule has 1 aliphatic rings. The molecule has 0 unspecified atom stereocenters. The average molecular weight is 543 g/mol. The second kappa shape index (κ2) is 10.6. The van der Waals surface area contributed by atoms with Gasteiger partial charge in [-0.2, -0.15) is 0 Å². The summed E-state index contributed by atoms with van der Waals surface area (Å²) >= 11 is 1.39. The molecule has 1 aliphatic heterocycles. The number of halogens is 3. The van der Waals surface area contributed by atoms with Gasteiger partial charge in [-0.15, -0.1) is 24.5 Å². The van der Waals surface area contributed by atoms with E-state index in [-0.39, 0.29) is 30.3 Å². The first-order valence-electron chi connectivity index (χ1n) is 11.6. The number of alkyl halides is 3. The van der Waals surface area contributed by atoms with E-state index in [2.05, 4.69) is 9.64 Å². The highest BCUT2D eigenvalue weighted by molar-refractivity contribution is 7.93. The lowest BCUT2D eigenvalue weighted by molar-refractivity contribution is -0.274. The number of rotatable bonds is 8. The van der Waals surface area contributed by atoms with Crippen LogP contribution in [-0.2, 0) is 21.3 Å². The molecular weight excluding hydrogens is 513 g/mol. The number of benzene rings is 2.